The molecule has 0 unspecified atom stereocenters. The van der Waals surface area contributed by atoms with E-state index in [4.69, 9.17) is 0 Å². The number of hydrogen-bond donors (Lipinski definition) is 0. The lowest BCUT2D eigenvalue weighted by Crippen LogP contribution is -2.48. The molecule has 4 nitrogen and oxygen atoms in total. The Balaban J connectivity index is 1.62. The van der Waals surface area contributed by atoms with Crippen LogP contribution < -0.4 is 0 Å². The Morgan fingerprint density at radius 3 is 2.58 bits per heavy atom. The smallest absolute Gasteiger partial charge is 0.257 e. The predicted molar refractivity (Wildman–Crippen MR) is 86.5 cm³/mol. The maximum Gasteiger partial charge on any atom is 0.257 e. The summed E-state index contributed by atoms with van der Waals surface area (Å²) in [6.07, 6.45) is 3.55. The second kappa shape index (κ2) is 7.05. The molecular formula is C18H19F2N3O. The van der Waals surface area contributed by atoms with Crippen molar-refractivity contribution < 1.29 is 13.6 Å². The van der Waals surface area contributed by atoms with Gasteiger partial charge in [-0.2, -0.15) is 0 Å². The van der Waals surface area contributed by atoms with Gasteiger partial charge in [0.25, 0.3) is 5.91 Å². The standard InChI is InChI=1S/C18H19F2N3O/c1-13-9-17(20)15(10-16(13)19)18(24)23-7-5-22(6-8-23)12-14-3-2-4-21-11-14/h2-4,9-11H,5-8,12H2,1H3. The van der Waals surface area contributed by atoms with Gasteiger partial charge in [-0.25, -0.2) is 8.78 Å². The van der Waals surface area contributed by atoms with Crippen molar-refractivity contribution in [1.82, 2.24) is 14.8 Å². The second-order valence-corrected chi connectivity index (χ2v) is 6.01. The normalized spacial score (nSPS) is 15.5. The summed E-state index contributed by atoms with van der Waals surface area (Å²) < 4.78 is 27.6. The highest BCUT2D eigenvalue weighted by Gasteiger charge is 2.25. The number of halogens is 2. The number of aryl methyl sites for hydroxylation is 1. The summed E-state index contributed by atoms with van der Waals surface area (Å²) in [5.74, 6) is -1.68. The van der Waals surface area contributed by atoms with E-state index in [1.165, 1.54) is 6.92 Å². The molecule has 1 aromatic heterocycles. The number of hydrogen-bond acceptors (Lipinski definition) is 3. The fraction of sp³-hybridized carbons (Fsp3) is 0.333. The van der Waals surface area contributed by atoms with Gasteiger partial charge in [0.2, 0.25) is 0 Å². The van der Waals surface area contributed by atoms with Gasteiger partial charge in [0, 0.05) is 45.1 Å². The van der Waals surface area contributed by atoms with Gasteiger partial charge in [-0.1, -0.05) is 6.07 Å². The van der Waals surface area contributed by atoms with E-state index in [1.807, 2.05) is 18.3 Å². The molecule has 0 radical (unpaired) electrons. The van der Waals surface area contributed by atoms with E-state index in [2.05, 4.69) is 9.88 Å². The Hall–Kier alpha value is -2.34. The van der Waals surface area contributed by atoms with Gasteiger partial charge < -0.3 is 4.90 Å². The van der Waals surface area contributed by atoms with Crippen molar-refractivity contribution in [2.75, 3.05) is 26.2 Å². The monoisotopic (exact) mass is 331 g/mol. The Kier molecular flexibility index (Phi) is 4.85. The minimum Gasteiger partial charge on any atom is -0.336 e. The summed E-state index contributed by atoms with van der Waals surface area (Å²) in [4.78, 5) is 20.3. The number of pyridine rings is 1. The Bertz CT molecular complexity index is 729. The molecule has 0 spiro atoms. The third-order valence-electron chi connectivity index (χ3n) is 4.27. The number of amides is 1. The number of carbonyl (C=O) groups is 1. The second-order valence-electron chi connectivity index (χ2n) is 6.01. The van der Waals surface area contributed by atoms with Crippen molar-refractivity contribution in [2.45, 2.75) is 13.5 Å². The summed E-state index contributed by atoms with van der Waals surface area (Å²) in [5, 5.41) is 0. The van der Waals surface area contributed by atoms with E-state index in [1.54, 1.807) is 11.1 Å². The van der Waals surface area contributed by atoms with Gasteiger partial charge >= 0.3 is 0 Å². The summed E-state index contributed by atoms with van der Waals surface area (Å²) in [6.45, 7) is 4.61. The highest BCUT2D eigenvalue weighted by molar-refractivity contribution is 5.94. The van der Waals surface area contributed by atoms with E-state index in [9.17, 15) is 13.6 Å². The number of piperazine rings is 1. The van der Waals surface area contributed by atoms with Crippen LogP contribution in [0.15, 0.2) is 36.7 Å². The van der Waals surface area contributed by atoms with Crippen molar-refractivity contribution in [3.8, 4) is 0 Å². The maximum absolute atomic E-state index is 14.0. The van der Waals surface area contributed by atoms with Crippen molar-refractivity contribution in [2.24, 2.45) is 0 Å². The first-order valence-electron chi connectivity index (χ1n) is 7.91. The number of carbonyl (C=O) groups excluding carboxylic acids is 1. The molecule has 6 heteroatoms. The molecule has 0 N–H and O–H groups in total. The molecule has 0 bridgehead atoms. The average Bonchev–Trinajstić information content (AvgIpc) is 2.59. The molecule has 0 atom stereocenters. The molecule has 1 fully saturated rings. The minimum atomic E-state index is -0.670. The molecule has 1 aliphatic rings. The van der Waals surface area contributed by atoms with E-state index < -0.39 is 17.5 Å². The summed E-state index contributed by atoms with van der Waals surface area (Å²) in [5.41, 5.74) is 1.12. The Morgan fingerprint density at radius 2 is 1.92 bits per heavy atom. The Labute approximate surface area is 139 Å². The van der Waals surface area contributed by atoms with Crippen LogP contribution in [-0.4, -0.2) is 46.9 Å². The average molecular weight is 331 g/mol. The third-order valence-corrected chi connectivity index (χ3v) is 4.27. The molecule has 1 aliphatic heterocycles. The number of aromatic nitrogens is 1. The Morgan fingerprint density at radius 1 is 1.17 bits per heavy atom. The molecule has 0 saturated carbocycles. The molecule has 1 amide bonds. The van der Waals surface area contributed by atoms with Crippen LogP contribution in [0.25, 0.3) is 0 Å². The summed E-state index contributed by atoms with van der Waals surface area (Å²) >= 11 is 0. The predicted octanol–water partition coefficient (Wildman–Crippen LogP) is 2.63. The van der Waals surface area contributed by atoms with Crippen LogP contribution in [0.5, 0.6) is 0 Å². The van der Waals surface area contributed by atoms with Gasteiger partial charge in [-0.3, -0.25) is 14.7 Å². The van der Waals surface area contributed by atoms with Crippen LogP contribution in [0.1, 0.15) is 21.5 Å². The van der Waals surface area contributed by atoms with Crippen LogP contribution in [0, 0.1) is 18.6 Å². The molecule has 3 rings (SSSR count). The van der Waals surface area contributed by atoms with Crippen LogP contribution >= 0.6 is 0 Å². The first-order valence-corrected chi connectivity index (χ1v) is 7.91. The highest BCUT2D eigenvalue weighted by atomic mass is 19.1. The zero-order chi connectivity index (χ0) is 17.1. The molecule has 126 valence electrons. The van der Waals surface area contributed by atoms with Crippen LogP contribution in [0.2, 0.25) is 0 Å². The molecule has 0 aliphatic carbocycles. The fourth-order valence-electron chi connectivity index (χ4n) is 2.84. The van der Waals surface area contributed by atoms with E-state index in [-0.39, 0.29) is 11.1 Å². The van der Waals surface area contributed by atoms with Gasteiger partial charge in [0.1, 0.15) is 11.6 Å². The van der Waals surface area contributed by atoms with E-state index in [0.29, 0.717) is 26.2 Å². The topological polar surface area (TPSA) is 36.4 Å². The number of rotatable bonds is 3. The lowest BCUT2D eigenvalue weighted by Gasteiger charge is -2.34. The highest BCUT2D eigenvalue weighted by Crippen LogP contribution is 2.17. The third kappa shape index (κ3) is 3.59. The van der Waals surface area contributed by atoms with Gasteiger partial charge in [0.15, 0.2) is 0 Å². The van der Waals surface area contributed by atoms with Crippen LogP contribution in [0.4, 0.5) is 8.78 Å². The minimum absolute atomic E-state index is 0.196. The van der Waals surface area contributed by atoms with Crippen molar-refractivity contribution in [3.05, 3.63) is 65.0 Å². The number of nitrogens with zero attached hydrogens (tertiary/aromatic N) is 3. The zero-order valence-corrected chi connectivity index (χ0v) is 13.5. The first-order chi connectivity index (χ1) is 11.5. The molecule has 24 heavy (non-hydrogen) atoms. The zero-order valence-electron chi connectivity index (χ0n) is 13.5. The molecule has 2 heterocycles. The van der Waals surface area contributed by atoms with Crippen molar-refractivity contribution in [3.63, 3.8) is 0 Å². The van der Waals surface area contributed by atoms with Gasteiger partial charge in [-0.05, 0) is 36.2 Å². The number of benzene rings is 1. The quantitative estimate of drug-likeness (QED) is 0.867. The summed E-state index contributed by atoms with van der Waals surface area (Å²) in [7, 11) is 0. The van der Waals surface area contributed by atoms with Gasteiger partial charge in [-0.15, -0.1) is 0 Å². The van der Waals surface area contributed by atoms with Crippen molar-refractivity contribution >= 4 is 5.91 Å². The van der Waals surface area contributed by atoms with Crippen molar-refractivity contribution in [1.29, 1.82) is 0 Å². The SMILES string of the molecule is Cc1cc(F)c(C(=O)N2CCN(Cc3cccnc3)CC2)cc1F. The van der Waals surface area contributed by atoms with E-state index in [0.717, 1.165) is 24.2 Å². The molecule has 1 saturated heterocycles. The largest absolute Gasteiger partial charge is 0.336 e. The lowest BCUT2D eigenvalue weighted by molar-refractivity contribution is 0.0623. The van der Waals surface area contributed by atoms with Crippen LogP contribution in [-0.2, 0) is 6.54 Å². The first kappa shape index (κ1) is 16.5. The van der Waals surface area contributed by atoms with E-state index >= 15 is 0 Å². The summed E-state index contributed by atoms with van der Waals surface area (Å²) in [6, 6.07) is 5.97. The van der Waals surface area contributed by atoms with Gasteiger partial charge in [0.05, 0.1) is 5.56 Å². The van der Waals surface area contributed by atoms with Crippen LogP contribution in [0.3, 0.4) is 0 Å². The maximum atomic E-state index is 14.0. The molecule has 2 aromatic rings. The molecule has 1 aromatic carbocycles. The fourth-order valence-corrected chi connectivity index (χ4v) is 2.84. The lowest BCUT2D eigenvalue weighted by atomic mass is 10.1. The molecular weight excluding hydrogens is 312 g/mol.